The molecule has 2 aromatic rings. The van der Waals surface area contributed by atoms with E-state index in [0.29, 0.717) is 12.3 Å². The summed E-state index contributed by atoms with van der Waals surface area (Å²) in [6.07, 6.45) is 5.73. The number of anilines is 1. The van der Waals surface area contributed by atoms with Crippen molar-refractivity contribution in [1.82, 2.24) is 9.78 Å². The van der Waals surface area contributed by atoms with Crippen LogP contribution >= 0.6 is 0 Å². The summed E-state index contributed by atoms with van der Waals surface area (Å²) in [6.45, 7) is 4.15. The molecule has 1 saturated heterocycles. The maximum absolute atomic E-state index is 11.7. The van der Waals surface area contributed by atoms with Crippen LogP contribution in [0.2, 0.25) is 0 Å². The molecule has 2 atom stereocenters. The van der Waals surface area contributed by atoms with E-state index >= 15 is 0 Å². The molecule has 0 saturated carbocycles. The van der Waals surface area contributed by atoms with Crippen LogP contribution in [0.4, 0.5) is 5.69 Å². The van der Waals surface area contributed by atoms with Gasteiger partial charge in [-0.1, -0.05) is 25.1 Å². The van der Waals surface area contributed by atoms with Crippen molar-refractivity contribution < 1.29 is 8.42 Å². The quantitative estimate of drug-likeness (QED) is 0.858. The molecule has 0 spiro atoms. The number of fused-ring (bicyclic) bond motifs is 1. The Bertz CT molecular complexity index is 843. The molecule has 4 rings (SSSR count). The third-order valence-corrected chi connectivity index (χ3v) is 7.00. The summed E-state index contributed by atoms with van der Waals surface area (Å²) < 4.78 is 25.2. The van der Waals surface area contributed by atoms with Crippen molar-refractivity contribution in [2.45, 2.75) is 38.3 Å². The van der Waals surface area contributed by atoms with Crippen LogP contribution in [0.1, 0.15) is 42.9 Å². The lowest BCUT2D eigenvalue weighted by Gasteiger charge is -2.34. The molecule has 0 bridgehead atoms. The standard InChI is InChI=1S/C18H23N3O2S/c1-14-6-8-20(18-5-3-2-4-17(14)18)11-15-10-19-21(12-15)16-7-9-24(22,23)13-16/h2-5,10,12,14,16H,6-9,11,13H2,1H3. The van der Waals surface area contributed by atoms with E-state index in [0.717, 1.165) is 25.1 Å². The van der Waals surface area contributed by atoms with Gasteiger partial charge in [-0.3, -0.25) is 4.68 Å². The number of para-hydroxylation sites is 1. The highest BCUT2D eigenvalue weighted by Gasteiger charge is 2.30. The predicted molar refractivity (Wildman–Crippen MR) is 95.1 cm³/mol. The zero-order valence-corrected chi connectivity index (χ0v) is 14.7. The molecule has 128 valence electrons. The van der Waals surface area contributed by atoms with Gasteiger partial charge in [-0.2, -0.15) is 5.10 Å². The lowest BCUT2D eigenvalue weighted by Crippen LogP contribution is -2.29. The SMILES string of the molecule is CC1CCN(Cc2cnn(C3CCS(=O)(=O)C3)c2)c2ccccc21. The van der Waals surface area contributed by atoms with Gasteiger partial charge in [0, 0.05) is 30.5 Å². The van der Waals surface area contributed by atoms with Gasteiger partial charge >= 0.3 is 0 Å². The van der Waals surface area contributed by atoms with Crippen molar-refractivity contribution >= 4 is 15.5 Å². The maximum Gasteiger partial charge on any atom is 0.152 e. The predicted octanol–water partition coefficient (Wildman–Crippen LogP) is 2.76. The minimum atomic E-state index is -2.88. The Kier molecular flexibility index (Phi) is 3.87. The number of benzene rings is 1. The van der Waals surface area contributed by atoms with Crippen LogP contribution in [0, 0.1) is 0 Å². The van der Waals surface area contributed by atoms with Crippen LogP contribution < -0.4 is 4.90 Å². The summed E-state index contributed by atoms with van der Waals surface area (Å²) in [5.74, 6) is 1.10. The van der Waals surface area contributed by atoms with Crippen LogP contribution in [0.25, 0.3) is 0 Å². The van der Waals surface area contributed by atoms with E-state index in [4.69, 9.17) is 0 Å². The van der Waals surface area contributed by atoms with E-state index in [1.165, 1.54) is 11.3 Å². The Balaban J connectivity index is 1.52. The third kappa shape index (κ3) is 2.95. The second kappa shape index (κ2) is 5.92. The van der Waals surface area contributed by atoms with Crippen molar-refractivity contribution in [3.8, 4) is 0 Å². The van der Waals surface area contributed by atoms with Gasteiger partial charge in [0.2, 0.25) is 0 Å². The first-order valence-electron chi connectivity index (χ1n) is 8.59. The minimum Gasteiger partial charge on any atom is -0.367 e. The van der Waals surface area contributed by atoms with Crippen LogP contribution in [-0.4, -0.2) is 36.2 Å². The lowest BCUT2D eigenvalue weighted by molar-refractivity contribution is 0.499. The van der Waals surface area contributed by atoms with Crippen molar-refractivity contribution in [3.05, 3.63) is 47.8 Å². The minimum absolute atomic E-state index is 0.00239. The fourth-order valence-corrected chi connectivity index (χ4v) is 5.55. The fraction of sp³-hybridized carbons (Fsp3) is 0.500. The number of aromatic nitrogens is 2. The van der Waals surface area contributed by atoms with E-state index in [9.17, 15) is 8.42 Å². The summed E-state index contributed by atoms with van der Waals surface area (Å²) in [7, 11) is -2.88. The topological polar surface area (TPSA) is 55.2 Å². The molecule has 0 radical (unpaired) electrons. The van der Waals surface area contributed by atoms with Crippen molar-refractivity contribution in [3.63, 3.8) is 0 Å². The molecule has 2 aliphatic heterocycles. The number of nitrogens with zero attached hydrogens (tertiary/aromatic N) is 3. The smallest absolute Gasteiger partial charge is 0.152 e. The van der Waals surface area contributed by atoms with Gasteiger partial charge in [0.15, 0.2) is 9.84 Å². The first-order valence-corrected chi connectivity index (χ1v) is 10.4. The molecule has 3 heterocycles. The summed E-state index contributed by atoms with van der Waals surface area (Å²) in [6, 6.07) is 8.61. The normalized spacial score (nSPS) is 25.6. The summed E-state index contributed by atoms with van der Waals surface area (Å²) in [5.41, 5.74) is 3.87. The highest BCUT2D eigenvalue weighted by Crippen LogP contribution is 2.35. The molecule has 1 fully saturated rings. The summed E-state index contributed by atoms with van der Waals surface area (Å²) >= 11 is 0. The van der Waals surface area contributed by atoms with Crippen LogP contribution in [0.5, 0.6) is 0 Å². The molecule has 5 nitrogen and oxygen atoms in total. The molecular weight excluding hydrogens is 322 g/mol. The molecule has 2 aliphatic rings. The number of sulfone groups is 1. The molecule has 24 heavy (non-hydrogen) atoms. The second-order valence-electron chi connectivity index (χ2n) is 7.06. The van der Waals surface area contributed by atoms with E-state index in [2.05, 4.69) is 41.2 Å². The third-order valence-electron chi connectivity index (χ3n) is 5.25. The van der Waals surface area contributed by atoms with Crippen molar-refractivity contribution in [2.75, 3.05) is 23.0 Å². The average molecular weight is 345 g/mol. The van der Waals surface area contributed by atoms with E-state index in [-0.39, 0.29) is 17.5 Å². The zero-order valence-electron chi connectivity index (χ0n) is 13.9. The largest absolute Gasteiger partial charge is 0.367 e. The highest BCUT2D eigenvalue weighted by atomic mass is 32.2. The maximum atomic E-state index is 11.7. The summed E-state index contributed by atoms with van der Waals surface area (Å²) in [5, 5.41) is 4.43. The first kappa shape index (κ1) is 15.7. The van der Waals surface area contributed by atoms with E-state index < -0.39 is 9.84 Å². The Morgan fingerprint density at radius 2 is 2.08 bits per heavy atom. The number of hydrogen-bond acceptors (Lipinski definition) is 4. The average Bonchev–Trinajstić information content (AvgIpc) is 3.16. The molecule has 2 unspecified atom stereocenters. The van der Waals surface area contributed by atoms with Crippen molar-refractivity contribution in [2.24, 2.45) is 0 Å². The Labute approximate surface area is 143 Å². The van der Waals surface area contributed by atoms with Gasteiger partial charge in [-0.05, 0) is 30.4 Å². The zero-order chi connectivity index (χ0) is 16.7. The van der Waals surface area contributed by atoms with Crippen LogP contribution in [0.15, 0.2) is 36.7 Å². The fourth-order valence-electron chi connectivity index (χ4n) is 3.85. The van der Waals surface area contributed by atoms with Gasteiger partial charge in [0.25, 0.3) is 0 Å². The van der Waals surface area contributed by atoms with E-state index in [1.807, 2.05) is 17.1 Å². The second-order valence-corrected chi connectivity index (χ2v) is 9.28. The monoisotopic (exact) mass is 345 g/mol. The van der Waals surface area contributed by atoms with Crippen LogP contribution in [-0.2, 0) is 16.4 Å². The van der Waals surface area contributed by atoms with E-state index in [1.54, 1.807) is 0 Å². The molecule has 0 N–H and O–H groups in total. The summed E-state index contributed by atoms with van der Waals surface area (Å²) in [4.78, 5) is 2.40. The Morgan fingerprint density at radius 3 is 2.88 bits per heavy atom. The number of rotatable bonds is 3. The van der Waals surface area contributed by atoms with Gasteiger partial charge < -0.3 is 4.90 Å². The highest BCUT2D eigenvalue weighted by molar-refractivity contribution is 7.91. The Morgan fingerprint density at radius 1 is 1.25 bits per heavy atom. The number of hydrogen-bond donors (Lipinski definition) is 0. The molecule has 1 aromatic carbocycles. The van der Waals surface area contributed by atoms with Gasteiger partial charge in [0.05, 0.1) is 23.7 Å². The molecule has 1 aromatic heterocycles. The Hall–Kier alpha value is -1.82. The van der Waals surface area contributed by atoms with Crippen molar-refractivity contribution in [1.29, 1.82) is 0 Å². The molecule has 6 heteroatoms. The first-order chi connectivity index (χ1) is 11.5. The molecule has 0 aliphatic carbocycles. The van der Waals surface area contributed by atoms with Gasteiger partial charge in [-0.15, -0.1) is 0 Å². The van der Waals surface area contributed by atoms with Gasteiger partial charge in [0.1, 0.15) is 0 Å². The molecular formula is C18H23N3O2S. The lowest BCUT2D eigenvalue weighted by atomic mass is 9.91. The molecule has 0 amide bonds. The van der Waals surface area contributed by atoms with Gasteiger partial charge in [-0.25, -0.2) is 8.42 Å². The van der Waals surface area contributed by atoms with Crippen LogP contribution in [0.3, 0.4) is 0 Å².